The van der Waals surface area contributed by atoms with E-state index < -0.39 is 0 Å². The van der Waals surface area contributed by atoms with Gasteiger partial charge in [-0.2, -0.15) is 0 Å². The Morgan fingerprint density at radius 2 is 1.69 bits per heavy atom. The molecule has 196 valence electrons. The normalized spacial score (nSPS) is 20.4. The van der Waals surface area contributed by atoms with Crippen molar-refractivity contribution < 1.29 is 19.7 Å². The molecule has 0 aromatic heterocycles. The number of Topliss-reactive ketones (excluding diaryl/α,β-unsaturated/α-hetero) is 1. The lowest BCUT2D eigenvalue weighted by Crippen LogP contribution is -2.37. The third-order valence-corrected chi connectivity index (χ3v) is 7.75. The van der Waals surface area contributed by atoms with Crippen LogP contribution in [0.4, 0.5) is 0 Å². The quantitative estimate of drug-likeness (QED) is 0.243. The van der Waals surface area contributed by atoms with E-state index in [1.54, 1.807) is 6.07 Å². The monoisotopic (exact) mass is 484 g/mol. The second kappa shape index (κ2) is 11.0. The van der Waals surface area contributed by atoms with Crippen molar-refractivity contribution in [3.05, 3.63) is 28.5 Å². The summed E-state index contributed by atoms with van der Waals surface area (Å²) in [5, 5.41) is 22.3. The Hall–Kier alpha value is -1.97. The van der Waals surface area contributed by atoms with Crippen LogP contribution in [0.15, 0.2) is 17.4 Å². The predicted molar refractivity (Wildman–Crippen MR) is 143 cm³/mol. The number of carbonyl (C=O) groups excluding carboxylic acids is 1. The minimum absolute atomic E-state index is 0.0154. The molecule has 0 saturated heterocycles. The van der Waals surface area contributed by atoms with E-state index in [-0.39, 0.29) is 39.6 Å². The molecule has 3 rings (SSSR count). The highest BCUT2D eigenvalue weighted by Crippen LogP contribution is 2.59. The van der Waals surface area contributed by atoms with Gasteiger partial charge in [0.25, 0.3) is 0 Å². The fourth-order valence-electron chi connectivity index (χ4n) is 6.58. The molecule has 0 bridgehead atoms. The maximum Gasteiger partial charge on any atom is 0.170 e. The molecule has 1 aromatic carbocycles. The Bertz CT molecular complexity index is 951. The standard InChI is InChI=1S/C31H48O4/c1-8-9-10-11-12-13-14-15-23(32)27-24(33)17-25-26(28(27)34)21(16-20(2)3)22-18-30(4,5)19-31(6,7)29(22)35-25/h17,20-21,33-34H,8-16,18-19H2,1-7H3. The van der Waals surface area contributed by atoms with Crippen molar-refractivity contribution in [1.82, 2.24) is 0 Å². The highest BCUT2D eigenvalue weighted by Gasteiger charge is 2.47. The minimum Gasteiger partial charge on any atom is -0.507 e. The summed E-state index contributed by atoms with van der Waals surface area (Å²) in [4.78, 5) is 13.2. The van der Waals surface area contributed by atoms with E-state index in [2.05, 4.69) is 48.5 Å². The molecule has 1 heterocycles. The number of ketones is 1. The zero-order chi connectivity index (χ0) is 26.0. The molecule has 0 spiro atoms. The van der Waals surface area contributed by atoms with E-state index in [9.17, 15) is 15.0 Å². The van der Waals surface area contributed by atoms with Gasteiger partial charge in [-0.1, -0.05) is 87.0 Å². The Labute approximate surface area is 213 Å². The van der Waals surface area contributed by atoms with Gasteiger partial charge in [0.2, 0.25) is 0 Å². The Morgan fingerprint density at radius 1 is 1.06 bits per heavy atom. The molecule has 1 aromatic rings. The van der Waals surface area contributed by atoms with Gasteiger partial charge in [-0.3, -0.25) is 4.79 Å². The molecular formula is C31H48O4. The Balaban J connectivity index is 1.91. The number of phenols is 2. The van der Waals surface area contributed by atoms with Crippen LogP contribution >= 0.6 is 0 Å². The molecule has 0 radical (unpaired) electrons. The topological polar surface area (TPSA) is 66.8 Å². The van der Waals surface area contributed by atoms with Gasteiger partial charge < -0.3 is 14.9 Å². The van der Waals surface area contributed by atoms with Crippen LogP contribution in [0, 0.1) is 16.7 Å². The first-order chi connectivity index (χ1) is 16.4. The highest BCUT2D eigenvalue weighted by atomic mass is 16.5. The molecule has 1 aliphatic heterocycles. The average Bonchev–Trinajstić information content (AvgIpc) is 2.72. The summed E-state index contributed by atoms with van der Waals surface area (Å²) < 4.78 is 6.45. The first kappa shape index (κ1) is 27.6. The SMILES string of the molecule is CCCCCCCCCC(=O)c1c(O)cc2c(c1O)C(CC(C)C)C1=C(O2)C(C)(C)CC(C)(C)C1. The number of phenolic OH excluding ortho intramolecular Hbond substituents is 2. The molecule has 0 amide bonds. The molecule has 4 nitrogen and oxygen atoms in total. The third-order valence-electron chi connectivity index (χ3n) is 7.75. The third kappa shape index (κ3) is 6.24. The summed E-state index contributed by atoms with van der Waals surface area (Å²) in [7, 11) is 0. The Morgan fingerprint density at radius 3 is 2.31 bits per heavy atom. The summed E-state index contributed by atoms with van der Waals surface area (Å²) in [5.74, 6) is 1.46. The van der Waals surface area contributed by atoms with Crippen molar-refractivity contribution >= 4 is 5.78 Å². The maximum atomic E-state index is 13.2. The summed E-state index contributed by atoms with van der Waals surface area (Å²) in [6, 6.07) is 1.57. The largest absolute Gasteiger partial charge is 0.507 e. The number of hydrogen-bond acceptors (Lipinski definition) is 4. The number of fused-ring (bicyclic) bond motifs is 1. The number of ether oxygens (including phenoxy) is 1. The second-order valence-electron chi connectivity index (χ2n) is 12.9. The van der Waals surface area contributed by atoms with E-state index in [1.165, 1.54) is 31.3 Å². The second-order valence-corrected chi connectivity index (χ2v) is 12.9. The van der Waals surface area contributed by atoms with Crippen LogP contribution in [0.3, 0.4) is 0 Å². The van der Waals surface area contributed by atoms with Crippen molar-refractivity contribution in [2.24, 2.45) is 16.7 Å². The zero-order valence-corrected chi connectivity index (χ0v) is 23.2. The Kier molecular flexibility index (Phi) is 8.65. The van der Waals surface area contributed by atoms with Gasteiger partial charge in [-0.25, -0.2) is 0 Å². The number of hydrogen-bond donors (Lipinski definition) is 2. The molecular weight excluding hydrogens is 436 g/mol. The highest BCUT2D eigenvalue weighted by molar-refractivity contribution is 6.02. The van der Waals surface area contributed by atoms with Crippen LogP contribution in [-0.4, -0.2) is 16.0 Å². The lowest BCUT2D eigenvalue weighted by Gasteiger charge is -2.47. The molecule has 2 aliphatic rings. The van der Waals surface area contributed by atoms with Gasteiger partial charge in [-0.15, -0.1) is 0 Å². The molecule has 1 atom stereocenters. The smallest absolute Gasteiger partial charge is 0.170 e. The summed E-state index contributed by atoms with van der Waals surface area (Å²) in [5.41, 5.74) is 2.00. The minimum atomic E-state index is -0.177. The molecule has 1 unspecified atom stereocenters. The summed E-state index contributed by atoms with van der Waals surface area (Å²) in [6.07, 6.45) is 11.0. The van der Waals surface area contributed by atoms with Crippen molar-refractivity contribution in [3.8, 4) is 17.2 Å². The molecule has 0 saturated carbocycles. The van der Waals surface area contributed by atoms with Crippen LogP contribution in [0.2, 0.25) is 0 Å². The lowest BCUT2D eigenvalue weighted by atomic mass is 9.61. The number of unbranched alkanes of at least 4 members (excludes halogenated alkanes) is 6. The van der Waals surface area contributed by atoms with Crippen molar-refractivity contribution in [2.75, 3.05) is 0 Å². The first-order valence-corrected chi connectivity index (χ1v) is 13.9. The zero-order valence-electron chi connectivity index (χ0n) is 23.2. The van der Waals surface area contributed by atoms with Crippen LogP contribution in [0.5, 0.6) is 17.2 Å². The van der Waals surface area contributed by atoms with E-state index in [0.29, 0.717) is 23.7 Å². The molecule has 0 fully saturated rings. The van der Waals surface area contributed by atoms with Crippen LogP contribution < -0.4 is 4.74 Å². The molecule has 35 heavy (non-hydrogen) atoms. The van der Waals surface area contributed by atoms with Crippen LogP contribution in [0.1, 0.15) is 141 Å². The fraction of sp³-hybridized carbons (Fsp3) is 0.710. The number of rotatable bonds is 11. The van der Waals surface area contributed by atoms with Crippen molar-refractivity contribution in [1.29, 1.82) is 0 Å². The van der Waals surface area contributed by atoms with Crippen molar-refractivity contribution in [2.45, 2.75) is 125 Å². The number of aromatic hydroxyl groups is 2. The van der Waals surface area contributed by atoms with Gasteiger partial charge in [0.1, 0.15) is 28.6 Å². The summed E-state index contributed by atoms with van der Waals surface area (Å²) in [6.45, 7) is 15.6. The van der Waals surface area contributed by atoms with Crippen LogP contribution in [0.25, 0.3) is 0 Å². The number of allylic oxidation sites excluding steroid dienone is 2. The fourth-order valence-corrected chi connectivity index (χ4v) is 6.58. The first-order valence-electron chi connectivity index (χ1n) is 13.9. The van der Waals surface area contributed by atoms with Gasteiger partial charge >= 0.3 is 0 Å². The van der Waals surface area contributed by atoms with E-state index in [1.807, 2.05) is 0 Å². The van der Waals surface area contributed by atoms with Crippen molar-refractivity contribution in [3.63, 3.8) is 0 Å². The average molecular weight is 485 g/mol. The maximum absolute atomic E-state index is 13.2. The summed E-state index contributed by atoms with van der Waals surface area (Å²) >= 11 is 0. The molecule has 1 aliphatic carbocycles. The predicted octanol–water partition coefficient (Wildman–Crippen LogP) is 9.04. The van der Waals surface area contributed by atoms with Gasteiger partial charge in [0.05, 0.1) is 0 Å². The van der Waals surface area contributed by atoms with Crippen LogP contribution in [-0.2, 0) is 0 Å². The number of benzene rings is 1. The van der Waals surface area contributed by atoms with E-state index in [4.69, 9.17) is 4.74 Å². The van der Waals surface area contributed by atoms with Gasteiger partial charge in [-0.05, 0) is 42.6 Å². The molecule has 2 N–H and O–H groups in total. The molecule has 4 heteroatoms. The van der Waals surface area contributed by atoms with Gasteiger partial charge in [0.15, 0.2) is 5.78 Å². The lowest BCUT2D eigenvalue weighted by molar-refractivity contribution is 0.0972. The van der Waals surface area contributed by atoms with E-state index in [0.717, 1.165) is 44.3 Å². The van der Waals surface area contributed by atoms with E-state index >= 15 is 0 Å². The van der Waals surface area contributed by atoms with Gasteiger partial charge in [0, 0.05) is 29.4 Å². The number of carbonyl (C=O) groups is 1.